The van der Waals surface area contributed by atoms with Crippen LogP contribution in [0.2, 0.25) is 0 Å². The molecule has 0 radical (unpaired) electrons. The van der Waals surface area contributed by atoms with E-state index in [0.717, 1.165) is 24.8 Å². The maximum atomic E-state index is 4.25. The average molecular weight is 363 g/mol. The summed E-state index contributed by atoms with van der Waals surface area (Å²) in [5, 5.41) is 0. The minimum atomic E-state index is 0.880. The smallest absolute Gasteiger partial charge is 0.00137 e. The Morgan fingerprint density at radius 1 is 0.929 bits per heavy atom. The average Bonchev–Trinajstić information content (AvgIpc) is 3.17. The molecule has 0 heteroatoms. The van der Waals surface area contributed by atoms with E-state index < -0.39 is 0 Å². The third kappa shape index (κ3) is 4.23. The monoisotopic (exact) mass is 362 g/mol. The molecule has 28 heavy (non-hydrogen) atoms. The Labute approximate surface area is 168 Å². The summed E-state index contributed by atoms with van der Waals surface area (Å²) in [4.78, 5) is 0. The summed E-state index contributed by atoms with van der Waals surface area (Å²) in [6.45, 7) is 6.43. The van der Waals surface area contributed by atoms with Crippen LogP contribution in [0.1, 0.15) is 40.3 Å². The Morgan fingerprint density at radius 2 is 1.68 bits per heavy atom. The van der Waals surface area contributed by atoms with Gasteiger partial charge in [0.2, 0.25) is 0 Å². The predicted octanol–water partition coefficient (Wildman–Crippen LogP) is 7.16. The molecule has 0 saturated carbocycles. The summed E-state index contributed by atoms with van der Waals surface area (Å²) in [5.74, 6) is 0. The van der Waals surface area contributed by atoms with Gasteiger partial charge in [0.25, 0.3) is 0 Å². The Bertz CT molecular complexity index is 1030. The fourth-order valence-corrected chi connectivity index (χ4v) is 3.73. The summed E-state index contributed by atoms with van der Waals surface area (Å²) in [6, 6.07) is 26.3. The van der Waals surface area contributed by atoms with Crippen LogP contribution in [0.5, 0.6) is 0 Å². The zero-order valence-corrected chi connectivity index (χ0v) is 16.5. The van der Waals surface area contributed by atoms with Crippen molar-refractivity contribution >= 4 is 17.7 Å². The largest absolute Gasteiger partial charge is 0.0955 e. The minimum absolute atomic E-state index is 0.880. The third-order valence-electron chi connectivity index (χ3n) is 5.40. The quantitative estimate of drug-likeness (QED) is 0.408. The van der Waals surface area contributed by atoms with Crippen molar-refractivity contribution in [2.75, 3.05) is 0 Å². The van der Waals surface area contributed by atoms with Crippen molar-refractivity contribution < 1.29 is 0 Å². The highest BCUT2D eigenvalue weighted by atomic mass is 14.2. The molecule has 3 aromatic rings. The lowest BCUT2D eigenvalue weighted by molar-refractivity contribution is 1.14. The lowest BCUT2D eigenvalue weighted by atomic mass is 10.00. The van der Waals surface area contributed by atoms with Crippen molar-refractivity contribution in [1.82, 2.24) is 0 Å². The molecule has 0 N–H and O–H groups in total. The van der Waals surface area contributed by atoms with E-state index in [2.05, 4.69) is 105 Å². The normalized spacial score (nSPS) is 12.8. The second kappa shape index (κ2) is 8.27. The van der Waals surface area contributed by atoms with Crippen molar-refractivity contribution in [3.05, 3.63) is 124 Å². The maximum absolute atomic E-state index is 4.25. The molecular formula is C28H26. The maximum Gasteiger partial charge on any atom is -0.00137 e. The van der Waals surface area contributed by atoms with Crippen LogP contribution >= 0.6 is 0 Å². The Hall–Kier alpha value is -3.12. The molecule has 0 nitrogen and oxygen atoms in total. The van der Waals surface area contributed by atoms with Crippen LogP contribution < -0.4 is 0 Å². The van der Waals surface area contributed by atoms with Gasteiger partial charge in [-0.15, -0.1) is 0 Å². The van der Waals surface area contributed by atoms with Gasteiger partial charge in [0.05, 0.1) is 0 Å². The van der Waals surface area contributed by atoms with Gasteiger partial charge in [-0.05, 0) is 58.2 Å². The highest BCUT2D eigenvalue weighted by Crippen LogP contribution is 2.32. The first-order valence-corrected chi connectivity index (χ1v) is 10.0. The Morgan fingerprint density at radius 3 is 2.43 bits per heavy atom. The van der Waals surface area contributed by atoms with Crippen LogP contribution in [0.4, 0.5) is 0 Å². The highest BCUT2D eigenvalue weighted by Gasteiger charge is 2.14. The first kappa shape index (κ1) is 18.3. The molecule has 0 aliphatic heterocycles. The molecule has 1 aliphatic carbocycles. The summed E-state index contributed by atoms with van der Waals surface area (Å²) in [7, 11) is 0. The number of hydrogen-bond donors (Lipinski definition) is 0. The fraction of sp³-hybridized carbons (Fsp3) is 0.143. The van der Waals surface area contributed by atoms with Gasteiger partial charge in [-0.1, -0.05) is 110 Å². The highest BCUT2D eigenvalue weighted by molar-refractivity contribution is 5.88. The first-order valence-electron chi connectivity index (χ1n) is 10.0. The minimum Gasteiger partial charge on any atom is -0.0955 e. The van der Waals surface area contributed by atoms with E-state index in [9.17, 15) is 0 Å². The van der Waals surface area contributed by atoms with E-state index >= 15 is 0 Å². The Balaban J connectivity index is 1.44. The van der Waals surface area contributed by atoms with Gasteiger partial charge in [0, 0.05) is 0 Å². The third-order valence-corrected chi connectivity index (χ3v) is 5.40. The van der Waals surface area contributed by atoms with E-state index in [4.69, 9.17) is 0 Å². The number of allylic oxidation sites excluding steroid dienone is 3. The molecule has 0 fully saturated rings. The zero-order chi connectivity index (χ0) is 19.3. The van der Waals surface area contributed by atoms with Gasteiger partial charge < -0.3 is 0 Å². The van der Waals surface area contributed by atoms with E-state index in [0.29, 0.717) is 0 Å². The van der Waals surface area contributed by atoms with Crippen molar-refractivity contribution in [2.24, 2.45) is 0 Å². The van der Waals surface area contributed by atoms with Crippen LogP contribution in [0, 0.1) is 0 Å². The van der Waals surface area contributed by atoms with E-state index in [-0.39, 0.29) is 0 Å². The summed E-state index contributed by atoms with van der Waals surface area (Å²) in [6.07, 6.45) is 9.61. The van der Waals surface area contributed by atoms with Crippen molar-refractivity contribution in [2.45, 2.75) is 26.2 Å². The Kier molecular flexibility index (Phi) is 5.39. The molecule has 0 atom stereocenters. The van der Waals surface area contributed by atoms with E-state index in [1.54, 1.807) is 0 Å². The molecule has 3 aromatic carbocycles. The molecule has 0 aromatic heterocycles. The van der Waals surface area contributed by atoms with Gasteiger partial charge in [-0.2, -0.15) is 0 Å². The zero-order valence-electron chi connectivity index (χ0n) is 16.5. The van der Waals surface area contributed by atoms with Gasteiger partial charge >= 0.3 is 0 Å². The van der Waals surface area contributed by atoms with E-state index in [1.165, 1.54) is 39.0 Å². The second-order valence-electron chi connectivity index (χ2n) is 7.51. The van der Waals surface area contributed by atoms with Crippen LogP contribution in [0.15, 0.2) is 91.0 Å². The topological polar surface area (TPSA) is 0 Å². The summed E-state index contributed by atoms with van der Waals surface area (Å²) in [5.41, 5.74) is 10.5. The summed E-state index contributed by atoms with van der Waals surface area (Å²) >= 11 is 0. The van der Waals surface area contributed by atoms with Crippen LogP contribution in [0.25, 0.3) is 17.7 Å². The van der Waals surface area contributed by atoms with Gasteiger partial charge in [0.15, 0.2) is 0 Å². The number of hydrogen-bond acceptors (Lipinski definition) is 0. The number of aryl methyl sites for hydroxylation is 1. The molecule has 0 saturated heterocycles. The van der Waals surface area contributed by atoms with Crippen LogP contribution in [0.3, 0.4) is 0 Å². The number of fused-ring (bicyclic) bond motifs is 1. The predicted molar refractivity (Wildman–Crippen MR) is 122 cm³/mol. The van der Waals surface area contributed by atoms with Crippen molar-refractivity contribution in [3.63, 3.8) is 0 Å². The first-order chi connectivity index (χ1) is 13.7. The molecule has 0 bridgehead atoms. The molecule has 0 spiro atoms. The SMILES string of the molecule is C=C(/C=C/c1ccc(CC)cc1)Cc1ccc2c(c1)C=C(c1ccccc1)C2. The molecule has 0 amide bonds. The standard InChI is InChI=1S/C28H26/c1-3-22-11-13-23(14-12-22)10-9-21(2)17-24-15-16-26-19-28(20-27(26)18-24)25-7-5-4-6-8-25/h4-16,18,20H,2-3,17,19H2,1H3/b10-9+. The van der Waals surface area contributed by atoms with Gasteiger partial charge in [-0.25, -0.2) is 0 Å². The van der Waals surface area contributed by atoms with Crippen LogP contribution in [-0.4, -0.2) is 0 Å². The molecular weight excluding hydrogens is 336 g/mol. The molecule has 0 unspecified atom stereocenters. The lowest BCUT2D eigenvalue weighted by Crippen LogP contribution is -1.90. The van der Waals surface area contributed by atoms with Gasteiger partial charge in [0.1, 0.15) is 0 Å². The summed E-state index contributed by atoms with van der Waals surface area (Å²) < 4.78 is 0. The molecule has 138 valence electrons. The molecule has 0 heterocycles. The fourth-order valence-electron chi connectivity index (χ4n) is 3.73. The molecule has 4 rings (SSSR count). The lowest BCUT2D eigenvalue weighted by Gasteiger charge is -2.05. The molecule has 1 aliphatic rings. The van der Waals surface area contributed by atoms with Crippen molar-refractivity contribution in [1.29, 1.82) is 0 Å². The number of rotatable bonds is 6. The second-order valence-corrected chi connectivity index (χ2v) is 7.51. The number of benzene rings is 3. The van der Waals surface area contributed by atoms with Crippen LogP contribution in [-0.2, 0) is 19.3 Å². The van der Waals surface area contributed by atoms with Gasteiger partial charge in [-0.3, -0.25) is 0 Å². The van der Waals surface area contributed by atoms with E-state index in [1.807, 2.05) is 0 Å². The van der Waals surface area contributed by atoms with Crippen molar-refractivity contribution in [3.8, 4) is 0 Å².